The van der Waals surface area contributed by atoms with E-state index >= 15 is 0 Å². The zero-order valence-corrected chi connectivity index (χ0v) is 16.8. The fraction of sp³-hybridized carbons (Fsp3) is 0.250. The lowest BCUT2D eigenvalue weighted by Gasteiger charge is -2.17. The van der Waals surface area contributed by atoms with E-state index in [1.807, 2.05) is 42.5 Å². The third-order valence-electron chi connectivity index (χ3n) is 4.67. The summed E-state index contributed by atoms with van der Waals surface area (Å²) < 4.78 is 5.93. The lowest BCUT2D eigenvalue weighted by molar-refractivity contribution is -0.122. The van der Waals surface area contributed by atoms with Crippen LogP contribution in [0.3, 0.4) is 0 Å². The molecule has 0 spiro atoms. The van der Waals surface area contributed by atoms with Gasteiger partial charge in [0.2, 0.25) is 0 Å². The summed E-state index contributed by atoms with van der Waals surface area (Å²) in [7, 11) is 0. The number of hydrogen-bond acceptors (Lipinski definition) is 3. The molecule has 0 aliphatic heterocycles. The molecule has 0 aliphatic carbocycles. The van der Waals surface area contributed by atoms with Gasteiger partial charge in [-0.1, -0.05) is 61.9 Å². The van der Waals surface area contributed by atoms with E-state index in [4.69, 9.17) is 4.74 Å². The van der Waals surface area contributed by atoms with Crippen LogP contribution in [0, 0.1) is 0 Å². The van der Waals surface area contributed by atoms with Crippen LogP contribution in [-0.4, -0.2) is 24.5 Å². The highest BCUT2D eigenvalue weighted by Gasteiger charge is 2.19. The van der Waals surface area contributed by atoms with Gasteiger partial charge in [-0.15, -0.1) is 0 Å². The number of anilines is 1. The molecule has 5 heteroatoms. The Balaban J connectivity index is 1.71. The van der Waals surface area contributed by atoms with Gasteiger partial charge in [0.25, 0.3) is 11.8 Å². The Bertz CT molecular complexity index is 995. The lowest BCUT2D eigenvalue weighted by atomic mass is 10.1. The number of unbranched alkanes of at least 4 members (excludes halogenated alkanes) is 1. The predicted molar refractivity (Wildman–Crippen MR) is 116 cm³/mol. The Hall–Kier alpha value is -3.34. The normalized spacial score (nSPS) is 11.7. The SMILES string of the molecule is CCCCNC(=O)c1ccccc1NC(=O)[C@@H](C)Oc1cccc2ccccc12. The molecule has 29 heavy (non-hydrogen) atoms. The number of nitrogens with one attached hydrogen (secondary N) is 2. The van der Waals surface area contributed by atoms with E-state index in [2.05, 4.69) is 17.6 Å². The number of ether oxygens (including phenoxy) is 1. The predicted octanol–water partition coefficient (Wildman–Crippen LogP) is 4.78. The van der Waals surface area contributed by atoms with Gasteiger partial charge in [-0.05, 0) is 36.9 Å². The number of carbonyl (C=O) groups is 2. The van der Waals surface area contributed by atoms with E-state index in [1.54, 1.807) is 31.2 Å². The summed E-state index contributed by atoms with van der Waals surface area (Å²) in [4.78, 5) is 25.2. The average molecular weight is 390 g/mol. The quantitative estimate of drug-likeness (QED) is 0.544. The third-order valence-corrected chi connectivity index (χ3v) is 4.67. The van der Waals surface area contributed by atoms with Crippen molar-refractivity contribution in [2.45, 2.75) is 32.8 Å². The second kappa shape index (κ2) is 9.73. The fourth-order valence-corrected chi connectivity index (χ4v) is 3.04. The van der Waals surface area contributed by atoms with Crippen molar-refractivity contribution >= 4 is 28.3 Å². The van der Waals surface area contributed by atoms with E-state index in [0.717, 1.165) is 23.6 Å². The summed E-state index contributed by atoms with van der Waals surface area (Å²) in [5.74, 6) is 0.139. The highest BCUT2D eigenvalue weighted by Crippen LogP contribution is 2.26. The van der Waals surface area contributed by atoms with Crippen LogP contribution in [0.2, 0.25) is 0 Å². The maximum atomic E-state index is 12.7. The Morgan fingerprint density at radius 2 is 1.69 bits per heavy atom. The molecule has 0 fully saturated rings. The van der Waals surface area contributed by atoms with Gasteiger partial charge in [0, 0.05) is 11.9 Å². The minimum absolute atomic E-state index is 0.197. The number of amides is 2. The number of hydrogen-bond donors (Lipinski definition) is 2. The Labute approximate surface area is 171 Å². The van der Waals surface area contributed by atoms with Gasteiger partial charge in [-0.2, -0.15) is 0 Å². The van der Waals surface area contributed by atoms with Gasteiger partial charge in [0.1, 0.15) is 5.75 Å². The van der Waals surface area contributed by atoms with Crippen molar-refractivity contribution in [3.8, 4) is 5.75 Å². The minimum atomic E-state index is -0.725. The van der Waals surface area contributed by atoms with Crippen molar-refractivity contribution in [2.75, 3.05) is 11.9 Å². The summed E-state index contributed by atoms with van der Waals surface area (Å²) in [6.07, 6.45) is 1.19. The summed E-state index contributed by atoms with van der Waals surface area (Å²) in [6, 6.07) is 20.6. The molecule has 150 valence electrons. The molecular formula is C24H26N2O3. The highest BCUT2D eigenvalue weighted by molar-refractivity contribution is 6.04. The average Bonchev–Trinajstić information content (AvgIpc) is 2.74. The second-order valence-electron chi connectivity index (χ2n) is 6.88. The Morgan fingerprint density at radius 3 is 2.52 bits per heavy atom. The standard InChI is InChI=1S/C24H26N2O3/c1-3-4-16-25-24(28)20-13-7-8-14-21(20)26-23(27)17(2)29-22-15-9-11-18-10-5-6-12-19(18)22/h5-15,17H,3-4,16H2,1-2H3,(H,25,28)(H,26,27)/t17-/m1/s1. The topological polar surface area (TPSA) is 67.4 Å². The van der Waals surface area contributed by atoms with Crippen LogP contribution < -0.4 is 15.4 Å². The summed E-state index contributed by atoms with van der Waals surface area (Å²) in [5, 5.41) is 7.70. The molecule has 2 amide bonds. The first-order chi connectivity index (χ1) is 14.1. The highest BCUT2D eigenvalue weighted by atomic mass is 16.5. The molecule has 3 aromatic rings. The molecule has 0 bridgehead atoms. The number of benzene rings is 3. The van der Waals surface area contributed by atoms with Crippen LogP contribution in [0.15, 0.2) is 66.7 Å². The van der Waals surface area contributed by atoms with Crippen molar-refractivity contribution < 1.29 is 14.3 Å². The van der Waals surface area contributed by atoms with Gasteiger partial charge < -0.3 is 15.4 Å². The van der Waals surface area contributed by atoms with E-state index in [9.17, 15) is 9.59 Å². The number of carbonyl (C=O) groups excluding carboxylic acids is 2. The Kier molecular flexibility index (Phi) is 6.85. The maximum Gasteiger partial charge on any atom is 0.265 e. The zero-order chi connectivity index (χ0) is 20.6. The summed E-state index contributed by atoms with van der Waals surface area (Å²) >= 11 is 0. The van der Waals surface area contributed by atoms with Gasteiger partial charge in [-0.3, -0.25) is 9.59 Å². The van der Waals surface area contributed by atoms with Gasteiger partial charge in [-0.25, -0.2) is 0 Å². The molecule has 0 aliphatic rings. The number of fused-ring (bicyclic) bond motifs is 1. The lowest BCUT2D eigenvalue weighted by Crippen LogP contribution is -2.32. The van der Waals surface area contributed by atoms with Crippen molar-refractivity contribution in [2.24, 2.45) is 0 Å². The summed E-state index contributed by atoms with van der Waals surface area (Å²) in [6.45, 7) is 4.37. The van der Waals surface area contributed by atoms with E-state index in [1.165, 1.54) is 0 Å². The molecule has 0 aromatic heterocycles. The second-order valence-corrected chi connectivity index (χ2v) is 6.88. The molecule has 2 N–H and O–H groups in total. The molecular weight excluding hydrogens is 364 g/mol. The first-order valence-electron chi connectivity index (χ1n) is 9.92. The van der Waals surface area contributed by atoms with Gasteiger partial charge in [0.15, 0.2) is 6.10 Å². The molecule has 0 saturated carbocycles. The smallest absolute Gasteiger partial charge is 0.265 e. The van der Waals surface area contributed by atoms with Crippen LogP contribution in [-0.2, 0) is 4.79 Å². The van der Waals surface area contributed by atoms with E-state index in [0.29, 0.717) is 23.5 Å². The van der Waals surface area contributed by atoms with Crippen molar-refractivity contribution in [1.82, 2.24) is 5.32 Å². The van der Waals surface area contributed by atoms with Crippen LogP contribution in [0.5, 0.6) is 5.75 Å². The first-order valence-corrected chi connectivity index (χ1v) is 9.92. The molecule has 1 atom stereocenters. The first kappa shape index (κ1) is 20.4. The van der Waals surface area contributed by atoms with Crippen LogP contribution in [0.25, 0.3) is 10.8 Å². The zero-order valence-electron chi connectivity index (χ0n) is 16.8. The summed E-state index contributed by atoms with van der Waals surface area (Å²) in [5.41, 5.74) is 0.911. The van der Waals surface area contributed by atoms with Crippen molar-refractivity contribution in [1.29, 1.82) is 0 Å². The molecule has 3 aromatic carbocycles. The monoisotopic (exact) mass is 390 g/mol. The van der Waals surface area contributed by atoms with E-state index in [-0.39, 0.29) is 11.8 Å². The molecule has 0 unspecified atom stereocenters. The van der Waals surface area contributed by atoms with Gasteiger partial charge >= 0.3 is 0 Å². The fourth-order valence-electron chi connectivity index (χ4n) is 3.04. The Morgan fingerprint density at radius 1 is 0.966 bits per heavy atom. The minimum Gasteiger partial charge on any atom is -0.480 e. The van der Waals surface area contributed by atoms with Crippen molar-refractivity contribution in [3.05, 3.63) is 72.3 Å². The van der Waals surface area contributed by atoms with Gasteiger partial charge in [0.05, 0.1) is 11.3 Å². The molecule has 3 rings (SSSR count). The van der Waals surface area contributed by atoms with Crippen LogP contribution >= 0.6 is 0 Å². The van der Waals surface area contributed by atoms with Crippen LogP contribution in [0.4, 0.5) is 5.69 Å². The largest absolute Gasteiger partial charge is 0.480 e. The third kappa shape index (κ3) is 5.13. The molecule has 0 heterocycles. The molecule has 0 radical (unpaired) electrons. The number of rotatable bonds is 8. The van der Waals surface area contributed by atoms with E-state index < -0.39 is 6.10 Å². The van der Waals surface area contributed by atoms with Crippen LogP contribution in [0.1, 0.15) is 37.0 Å². The maximum absolute atomic E-state index is 12.7. The van der Waals surface area contributed by atoms with Crippen molar-refractivity contribution in [3.63, 3.8) is 0 Å². The number of para-hydroxylation sites is 1. The molecule has 0 saturated heterocycles. The molecule has 5 nitrogen and oxygen atoms in total.